The smallest absolute Gasteiger partial charge is 0.259 e. The second-order valence-electron chi connectivity index (χ2n) is 4.92. The molecule has 6 heteroatoms. The average molecular weight is 446 g/mol. The molecule has 1 amide bonds. The average Bonchev–Trinajstić information content (AvgIpc) is 2.47. The quantitative estimate of drug-likeness (QED) is 0.589. The molecule has 0 saturated carbocycles. The van der Waals surface area contributed by atoms with Crippen LogP contribution in [0, 0.1) is 3.57 Å². The molecule has 3 rings (SSSR count). The molecular weight excluding hydrogens is 436 g/mol. The molecule has 0 aromatic heterocycles. The highest BCUT2D eigenvalue weighted by molar-refractivity contribution is 14.1. The van der Waals surface area contributed by atoms with Gasteiger partial charge in [-0.2, -0.15) is 0 Å². The summed E-state index contributed by atoms with van der Waals surface area (Å²) >= 11 is 14.2. The monoisotopic (exact) mass is 445 g/mol. The van der Waals surface area contributed by atoms with Gasteiger partial charge in [-0.05, 0) is 59.0 Å². The molecule has 22 heavy (non-hydrogen) atoms. The Hall–Kier alpha value is -1.11. The zero-order chi connectivity index (χ0) is 15.9. The first-order valence-electron chi connectivity index (χ1n) is 6.57. The molecule has 1 aliphatic rings. The summed E-state index contributed by atoms with van der Waals surface area (Å²) in [5.41, 5.74) is 1.59. The fourth-order valence-electron chi connectivity index (χ4n) is 2.45. The number of carbonyl (C=O) groups excluding carboxylic acids is 2. The molecule has 2 aromatic carbocycles. The molecule has 0 radical (unpaired) electrons. The SMILES string of the molecule is O=C1CCN(C(=O)c2ccc(Cl)cc2Cl)c2cc(I)ccc21. The van der Waals surface area contributed by atoms with Gasteiger partial charge in [-0.15, -0.1) is 0 Å². The predicted molar refractivity (Wildman–Crippen MR) is 96.2 cm³/mol. The van der Waals surface area contributed by atoms with Crippen molar-refractivity contribution < 1.29 is 9.59 Å². The third-order valence-corrected chi connectivity index (χ3v) is 4.74. The first kappa shape index (κ1) is 15.8. The largest absolute Gasteiger partial charge is 0.307 e. The van der Waals surface area contributed by atoms with Crippen LogP contribution < -0.4 is 4.90 Å². The van der Waals surface area contributed by atoms with Gasteiger partial charge >= 0.3 is 0 Å². The van der Waals surface area contributed by atoms with E-state index in [1.165, 1.54) is 0 Å². The van der Waals surface area contributed by atoms with Crippen LogP contribution in [0.2, 0.25) is 10.0 Å². The lowest BCUT2D eigenvalue weighted by Gasteiger charge is -2.29. The van der Waals surface area contributed by atoms with Crippen molar-refractivity contribution in [3.8, 4) is 0 Å². The van der Waals surface area contributed by atoms with E-state index in [1.807, 2.05) is 12.1 Å². The minimum absolute atomic E-state index is 0.0534. The zero-order valence-electron chi connectivity index (χ0n) is 11.3. The van der Waals surface area contributed by atoms with Gasteiger partial charge in [0.2, 0.25) is 0 Å². The van der Waals surface area contributed by atoms with Gasteiger partial charge in [0.1, 0.15) is 0 Å². The van der Waals surface area contributed by atoms with Crippen molar-refractivity contribution in [2.24, 2.45) is 0 Å². The van der Waals surface area contributed by atoms with Crippen LogP contribution in [0.15, 0.2) is 36.4 Å². The third kappa shape index (κ3) is 2.87. The standard InChI is InChI=1S/C16H10Cl2INO2/c17-9-1-3-11(13(18)7-9)16(22)20-6-5-15(21)12-4-2-10(19)8-14(12)20/h1-4,7-8H,5-6H2. The van der Waals surface area contributed by atoms with Gasteiger partial charge in [-0.25, -0.2) is 0 Å². The van der Waals surface area contributed by atoms with E-state index in [4.69, 9.17) is 23.2 Å². The van der Waals surface area contributed by atoms with Crippen LogP contribution in [0.5, 0.6) is 0 Å². The summed E-state index contributed by atoms with van der Waals surface area (Å²) in [7, 11) is 0. The highest BCUT2D eigenvalue weighted by Crippen LogP contribution is 2.31. The van der Waals surface area contributed by atoms with E-state index < -0.39 is 0 Å². The van der Waals surface area contributed by atoms with Crippen LogP contribution in [-0.4, -0.2) is 18.2 Å². The van der Waals surface area contributed by atoms with Crippen molar-refractivity contribution in [1.29, 1.82) is 0 Å². The lowest BCUT2D eigenvalue weighted by molar-refractivity contribution is 0.0955. The fourth-order valence-corrected chi connectivity index (χ4v) is 3.42. The van der Waals surface area contributed by atoms with Crippen molar-refractivity contribution >= 4 is 63.2 Å². The summed E-state index contributed by atoms with van der Waals surface area (Å²) in [6.07, 6.45) is 0.310. The van der Waals surface area contributed by atoms with E-state index in [0.717, 1.165) is 3.57 Å². The Morgan fingerprint density at radius 3 is 2.64 bits per heavy atom. The number of hydrogen-bond acceptors (Lipinski definition) is 2. The maximum Gasteiger partial charge on any atom is 0.259 e. The highest BCUT2D eigenvalue weighted by atomic mass is 127. The molecule has 0 unspecified atom stereocenters. The van der Waals surface area contributed by atoms with E-state index in [0.29, 0.717) is 39.8 Å². The summed E-state index contributed by atoms with van der Waals surface area (Å²) in [6.45, 7) is 0.351. The molecule has 0 atom stereocenters. The molecule has 3 nitrogen and oxygen atoms in total. The molecule has 0 aliphatic carbocycles. The first-order valence-corrected chi connectivity index (χ1v) is 8.40. The fraction of sp³-hybridized carbons (Fsp3) is 0.125. The molecule has 112 valence electrons. The summed E-state index contributed by atoms with van der Waals surface area (Å²) < 4.78 is 0.964. The van der Waals surface area contributed by atoms with Crippen LogP contribution >= 0.6 is 45.8 Å². The second-order valence-corrected chi connectivity index (χ2v) is 7.00. The lowest BCUT2D eigenvalue weighted by atomic mass is 9.99. The lowest BCUT2D eigenvalue weighted by Crippen LogP contribution is -2.37. The Morgan fingerprint density at radius 1 is 1.14 bits per heavy atom. The van der Waals surface area contributed by atoms with Crippen LogP contribution in [0.4, 0.5) is 5.69 Å². The van der Waals surface area contributed by atoms with Crippen molar-refractivity contribution in [2.75, 3.05) is 11.4 Å². The molecule has 1 heterocycles. The van der Waals surface area contributed by atoms with Gasteiger partial charge in [-0.1, -0.05) is 23.2 Å². The molecule has 0 spiro atoms. The van der Waals surface area contributed by atoms with E-state index in [-0.39, 0.29) is 11.7 Å². The summed E-state index contributed by atoms with van der Waals surface area (Å²) in [5, 5.41) is 0.784. The second kappa shape index (κ2) is 6.18. The molecule has 0 saturated heterocycles. The Labute approximate surface area is 151 Å². The topological polar surface area (TPSA) is 37.4 Å². The van der Waals surface area contributed by atoms with Crippen molar-refractivity contribution in [3.63, 3.8) is 0 Å². The van der Waals surface area contributed by atoms with Gasteiger partial charge in [0.05, 0.1) is 16.3 Å². The normalized spacial score (nSPS) is 14.0. The Morgan fingerprint density at radius 2 is 1.91 bits per heavy atom. The Kier molecular flexibility index (Phi) is 4.43. The Bertz CT molecular complexity index is 792. The number of nitrogens with zero attached hydrogens (tertiary/aromatic N) is 1. The Balaban J connectivity index is 2.06. The number of ketones is 1. The van der Waals surface area contributed by atoms with Crippen molar-refractivity contribution in [2.45, 2.75) is 6.42 Å². The van der Waals surface area contributed by atoms with Crippen LogP contribution in [-0.2, 0) is 0 Å². The van der Waals surface area contributed by atoms with Gasteiger partial charge in [0.15, 0.2) is 5.78 Å². The minimum atomic E-state index is -0.225. The van der Waals surface area contributed by atoms with E-state index in [1.54, 1.807) is 29.2 Å². The van der Waals surface area contributed by atoms with Crippen LogP contribution in [0.3, 0.4) is 0 Å². The van der Waals surface area contributed by atoms with E-state index in [2.05, 4.69) is 22.6 Å². The summed E-state index contributed by atoms with van der Waals surface area (Å²) in [5.74, 6) is -0.171. The highest BCUT2D eigenvalue weighted by Gasteiger charge is 2.29. The molecule has 0 fully saturated rings. The predicted octanol–water partition coefficient (Wildman–Crippen LogP) is 4.83. The van der Waals surface area contributed by atoms with Gasteiger partial charge < -0.3 is 4.90 Å². The molecule has 1 aliphatic heterocycles. The van der Waals surface area contributed by atoms with Crippen molar-refractivity contribution in [1.82, 2.24) is 0 Å². The number of anilines is 1. The number of halogens is 3. The zero-order valence-corrected chi connectivity index (χ0v) is 14.9. The molecular formula is C16H10Cl2INO2. The van der Waals surface area contributed by atoms with Crippen LogP contribution in [0.25, 0.3) is 0 Å². The van der Waals surface area contributed by atoms with Gasteiger partial charge in [0.25, 0.3) is 5.91 Å². The number of amides is 1. The molecule has 0 bridgehead atoms. The summed E-state index contributed by atoms with van der Waals surface area (Å²) in [4.78, 5) is 26.4. The first-order chi connectivity index (χ1) is 10.5. The van der Waals surface area contributed by atoms with E-state index >= 15 is 0 Å². The maximum absolute atomic E-state index is 12.8. The maximum atomic E-state index is 12.8. The number of Topliss-reactive ketones (excluding diaryl/α,β-unsaturated/α-hetero) is 1. The minimum Gasteiger partial charge on any atom is -0.307 e. The number of carbonyl (C=O) groups is 2. The molecule has 0 N–H and O–H groups in total. The van der Waals surface area contributed by atoms with Crippen molar-refractivity contribution in [3.05, 3.63) is 61.1 Å². The number of benzene rings is 2. The van der Waals surface area contributed by atoms with Crippen LogP contribution in [0.1, 0.15) is 27.1 Å². The number of hydrogen-bond donors (Lipinski definition) is 0. The molecule has 2 aromatic rings. The number of fused-ring (bicyclic) bond motifs is 1. The third-order valence-electron chi connectivity index (χ3n) is 3.52. The van der Waals surface area contributed by atoms with Gasteiger partial charge in [-0.3, -0.25) is 9.59 Å². The van der Waals surface area contributed by atoms with Gasteiger partial charge in [0, 0.05) is 27.1 Å². The summed E-state index contributed by atoms with van der Waals surface area (Å²) in [6, 6.07) is 10.3. The number of rotatable bonds is 1. The van der Waals surface area contributed by atoms with E-state index in [9.17, 15) is 9.59 Å².